The maximum Gasteiger partial charge on any atom is 0.433 e. The van der Waals surface area contributed by atoms with Crippen molar-refractivity contribution in [2.75, 3.05) is 24.6 Å². The highest BCUT2D eigenvalue weighted by Crippen LogP contribution is 2.43. The summed E-state index contributed by atoms with van der Waals surface area (Å²) in [6.07, 6.45) is 3.32. The lowest BCUT2D eigenvalue weighted by Crippen LogP contribution is -2.50. The van der Waals surface area contributed by atoms with Gasteiger partial charge in [-0.1, -0.05) is 18.9 Å². The molecule has 0 unspecified atom stereocenters. The number of hydrogen-bond donors (Lipinski definition) is 0. The van der Waals surface area contributed by atoms with Crippen LogP contribution in [0.4, 0.5) is 13.2 Å². The summed E-state index contributed by atoms with van der Waals surface area (Å²) in [6.45, 7) is 2.19. The van der Waals surface area contributed by atoms with Crippen LogP contribution in [0.5, 0.6) is 0 Å². The van der Waals surface area contributed by atoms with Crippen molar-refractivity contribution < 1.29 is 21.6 Å². The van der Waals surface area contributed by atoms with Crippen LogP contribution < -0.4 is 0 Å². The average Bonchev–Trinajstić information content (AvgIpc) is 3.16. The van der Waals surface area contributed by atoms with Crippen molar-refractivity contribution in [2.24, 2.45) is 5.41 Å². The predicted molar refractivity (Wildman–Crippen MR) is 88.8 cm³/mol. The number of aromatic nitrogens is 1. The molecule has 1 saturated carbocycles. The first-order chi connectivity index (χ1) is 11.7. The highest BCUT2D eigenvalue weighted by Gasteiger charge is 2.52. The molecule has 4 nitrogen and oxygen atoms in total. The second-order valence-electron chi connectivity index (χ2n) is 7.40. The lowest BCUT2D eigenvalue weighted by molar-refractivity contribution is -0.141. The van der Waals surface area contributed by atoms with Gasteiger partial charge in [0.25, 0.3) is 0 Å². The van der Waals surface area contributed by atoms with E-state index in [-0.39, 0.29) is 5.41 Å². The van der Waals surface area contributed by atoms with Crippen molar-refractivity contribution in [2.45, 2.75) is 44.3 Å². The number of rotatable bonds is 1. The van der Waals surface area contributed by atoms with Gasteiger partial charge in [-0.3, -0.25) is 9.88 Å². The van der Waals surface area contributed by atoms with Crippen LogP contribution >= 0.6 is 0 Å². The summed E-state index contributed by atoms with van der Waals surface area (Å²) >= 11 is 0. The van der Waals surface area contributed by atoms with Crippen molar-refractivity contribution >= 4 is 9.84 Å². The van der Waals surface area contributed by atoms with E-state index in [4.69, 9.17) is 0 Å². The minimum Gasteiger partial charge on any atom is -0.300 e. The van der Waals surface area contributed by atoms with E-state index < -0.39 is 21.7 Å². The fourth-order valence-electron chi connectivity index (χ4n) is 4.21. The average molecular weight is 376 g/mol. The van der Waals surface area contributed by atoms with Gasteiger partial charge in [-0.2, -0.15) is 13.2 Å². The molecule has 3 heterocycles. The third kappa shape index (κ3) is 4.53. The molecule has 1 aromatic heterocycles. The van der Waals surface area contributed by atoms with E-state index in [9.17, 15) is 21.6 Å². The maximum absolute atomic E-state index is 11.7. The zero-order valence-electron chi connectivity index (χ0n) is 14.0. The molecular weight excluding hydrogens is 353 g/mol. The van der Waals surface area contributed by atoms with E-state index in [1.807, 2.05) is 0 Å². The summed E-state index contributed by atoms with van der Waals surface area (Å²) in [7, 11) is -2.65. The minimum atomic E-state index is -4.32. The Labute approximate surface area is 146 Å². The summed E-state index contributed by atoms with van der Waals surface area (Å²) in [5, 5.41) is 0. The van der Waals surface area contributed by atoms with E-state index in [2.05, 4.69) is 9.88 Å². The lowest BCUT2D eigenvalue weighted by Gasteiger charge is -2.38. The summed E-state index contributed by atoms with van der Waals surface area (Å²) in [4.78, 5) is 5.68. The highest BCUT2D eigenvalue weighted by molar-refractivity contribution is 7.92. The minimum absolute atomic E-state index is 0.168. The zero-order valence-corrected chi connectivity index (χ0v) is 14.8. The molecular formula is C17H23F3N2O2S. The number of nitrogens with zero attached hydrogens (tertiary/aromatic N) is 2. The SMILES string of the molecule is FC(F)(F)c1ccccn1.O=S1(=O)CC2(CCN(C3CCCC3)C2)C1. The molecule has 2 aliphatic heterocycles. The van der Waals surface area contributed by atoms with Crippen LogP contribution in [0.3, 0.4) is 0 Å². The molecule has 3 aliphatic rings. The topological polar surface area (TPSA) is 50.3 Å². The molecule has 25 heavy (non-hydrogen) atoms. The Kier molecular flexibility index (Phi) is 5.12. The molecule has 140 valence electrons. The second kappa shape index (κ2) is 6.87. The first-order valence-corrected chi connectivity index (χ1v) is 10.4. The van der Waals surface area contributed by atoms with E-state index in [1.54, 1.807) is 0 Å². The van der Waals surface area contributed by atoms with Gasteiger partial charge in [0.2, 0.25) is 0 Å². The Morgan fingerprint density at radius 1 is 1.16 bits per heavy atom. The summed E-state index contributed by atoms with van der Waals surface area (Å²) in [5.41, 5.74) is -0.684. The predicted octanol–water partition coefficient (Wildman–Crippen LogP) is 3.15. The molecule has 0 N–H and O–H groups in total. The number of hydrogen-bond acceptors (Lipinski definition) is 4. The van der Waals surface area contributed by atoms with Gasteiger partial charge in [-0.05, 0) is 37.9 Å². The van der Waals surface area contributed by atoms with Crippen molar-refractivity contribution in [3.63, 3.8) is 0 Å². The molecule has 0 bridgehead atoms. The fourth-order valence-corrected chi connectivity index (χ4v) is 6.46. The van der Waals surface area contributed by atoms with Gasteiger partial charge >= 0.3 is 6.18 Å². The largest absolute Gasteiger partial charge is 0.433 e. The van der Waals surface area contributed by atoms with Gasteiger partial charge in [0.15, 0.2) is 9.84 Å². The normalized spacial score (nSPS) is 25.4. The van der Waals surface area contributed by atoms with Crippen molar-refractivity contribution in [1.29, 1.82) is 0 Å². The molecule has 1 aromatic rings. The van der Waals surface area contributed by atoms with Crippen LogP contribution in [0.1, 0.15) is 37.8 Å². The van der Waals surface area contributed by atoms with Crippen LogP contribution in [-0.2, 0) is 16.0 Å². The molecule has 3 fully saturated rings. The third-order valence-electron chi connectivity index (χ3n) is 5.32. The molecule has 1 aliphatic carbocycles. The van der Waals surface area contributed by atoms with E-state index in [0.717, 1.165) is 37.8 Å². The first kappa shape index (κ1) is 18.6. The van der Waals surface area contributed by atoms with Crippen molar-refractivity contribution in [3.8, 4) is 0 Å². The maximum atomic E-state index is 11.7. The van der Waals surface area contributed by atoms with Crippen LogP contribution in [0, 0.1) is 5.41 Å². The Bertz CT molecular complexity index is 674. The summed E-state index contributed by atoms with van der Waals surface area (Å²) < 4.78 is 57.7. The van der Waals surface area contributed by atoms with Crippen LogP contribution in [0.2, 0.25) is 0 Å². The van der Waals surface area contributed by atoms with Gasteiger partial charge in [0.05, 0.1) is 11.5 Å². The third-order valence-corrected chi connectivity index (χ3v) is 7.42. The number of alkyl halides is 3. The molecule has 0 amide bonds. The van der Waals surface area contributed by atoms with Crippen LogP contribution in [0.25, 0.3) is 0 Å². The summed E-state index contributed by atoms with van der Waals surface area (Å²) in [5.74, 6) is 0.923. The monoisotopic (exact) mass is 376 g/mol. The molecule has 1 spiro atoms. The first-order valence-electron chi connectivity index (χ1n) is 8.62. The number of likely N-dealkylation sites (tertiary alicyclic amines) is 1. The Morgan fingerprint density at radius 3 is 2.32 bits per heavy atom. The molecule has 0 aromatic carbocycles. The van der Waals surface area contributed by atoms with Gasteiger partial charge in [0, 0.05) is 24.2 Å². The number of pyridine rings is 1. The summed E-state index contributed by atoms with van der Waals surface area (Å²) in [6, 6.07) is 4.44. The smallest absolute Gasteiger partial charge is 0.300 e. The number of halogens is 3. The molecule has 4 rings (SSSR count). The Hall–Kier alpha value is -1.15. The van der Waals surface area contributed by atoms with Gasteiger partial charge < -0.3 is 0 Å². The standard InChI is InChI=1S/C11H19NO2S.C6H4F3N/c13-15(14)8-11(9-15)5-6-12(7-11)10-3-1-2-4-10;7-6(8,9)5-3-1-2-4-10-5/h10H,1-9H2;1-4H. The lowest BCUT2D eigenvalue weighted by atomic mass is 9.91. The van der Waals surface area contributed by atoms with E-state index in [0.29, 0.717) is 11.5 Å². The van der Waals surface area contributed by atoms with Gasteiger partial charge in [0.1, 0.15) is 5.69 Å². The molecule has 8 heteroatoms. The molecule has 2 saturated heterocycles. The molecule has 0 atom stereocenters. The van der Waals surface area contributed by atoms with Gasteiger partial charge in [-0.15, -0.1) is 0 Å². The highest BCUT2D eigenvalue weighted by atomic mass is 32.2. The van der Waals surface area contributed by atoms with E-state index in [1.165, 1.54) is 37.8 Å². The van der Waals surface area contributed by atoms with E-state index >= 15 is 0 Å². The second-order valence-corrected chi connectivity index (χ2v) is 9.47. The Morgan fingerprint density at radius 2 is 1.84 bits per heavy atom. The van der Waals surface area contributed by atoms with Gasteiger partial charge in [-0.25, -0.2) is 8.42 Å². The van der Waals surface area contributed by atoms with Crippen molar-refractivity contribution in [1.82, 2.24) is 9.88 Å². The van der Waals surface area contributed by atoms with Crippen LogP contribution in [0.15, 0.2) is 24.4 Å². The van der Waals surface area contributed by atoms with Crippen LogP contribution in [-0.4, -0.2) is 48.9 Å². The fraction of sp³-hybridized carbons (Fsp3) is 0.706. The van der Waals surface area contributed by atoms with Crippen molar-refractivity contribution in [3.05, 3.63) is 30.1 Å². The Balaban J connectivity index is 0.000000160. The molecule has 0 radical (unpaired) electrons. The zero-order chi connectivity index (χ0) is 18.1. The number of sulfone groups is 1. The quantitative estimate of drug-likeness (QED) is 0.756.